The molecule has 0 aromatic rings. The third kappa shape index (κ3) is 8.22. The van der Waals surface area contributed by atoms with Gasteiger partial charge in [0.15, 0.2) is 0 Å². The van der Waals surface area contributed by atoms with Gasteiger partial charge in [0, 0.05) is 7.11 Å². The van der Waals surface area contributed by atoms with Crippen molar-refractivity contribution >= 4 is 0 Å². The summed E-state index contributed by atoms with van der Waals surface area (Å²) in [6.07, 6.45) is 1.02. The van der Waals surface area contributed by atoms with Crippen LogP contribution in [0.4, 0.5) is 0 Å². The molecule has 80 valence electrons. The molecule has 0 N–H and O–H groups in total. The molecule has 0 saturated carbocycles. The van der Waals surface area contributed by atoms with E-state index in [0.29, 0.717) is 26.4 Å². The Morgan fingerprint density at radius 3 is 2.15 bits per heavy atom. The Morgan fingerprint density at radius 1 is 1.00 bits per heavy atom. The van der Waals surface area contributed by atoms with Crippen LogP contribution in [-0.4, -0.2) is 39.1 Å². The summed E-state index contributed by atoms with van der Waals surface area (Å²) in [7, 11) is 1.67. The fraction of sp³-hybridized carbons (Fsp3) is 1.00. The SMILES string of the molecule is CCC(C)(C)OCCOCCOC. The lowest BCUT2D eigenvalue weighted by Gasteiger charge is -2.23. The molecule has 0 rings (SSSR count). The van der Waals surface area contributed by atoms with Crippen LogP contribution in [0.5, 0.6) is 0 Å². The van der Waals surface area contributed by atoms with Crippen LogP contribution in [0.3, 0.4) is 0 Å². The Morgan fingerprint density at radius 2 is 1.62 bits per heavy atom. The van der Waals surface area contributed by atoms with Gasteiger partial charge in [-0.3, -0.25) is 0 Å². The summed E-state index contributed by atoms with van der Waals surface area (Å²) < 4.78 is 15.7. The van der Waals surface area contributed by atoms with Gasteiger partial charge in [-0.15, -0.1) is 0 Å². The van der Waals surface area contributed by atoms with Crippen molar-refractivity contribution in [1.82, 2.24) is 0 Å². The van der Waals surface area contributed by atoms with E-state index in [0.717, 1.165) is 6.42 Å². The summed E-state index contributed by atoms with van der Waals surface area (Å²) in [6.45, 7) is 8.89. The highest BCUT2D eigenvalue weighted by atomic mass is 16.5. The average Bonchev–Trinajstić information content (AvgIpc) is 2.11. The van der Waals surface area contributed by atoms with Crippen LogP contribution in [0.25, 0.3) is 0 Å². The van der Waals surface area contributed by atoms with E-state index >= 15 is 0 Å². The van der Waals surface area contributed by atoms with E-state index in [-0.39, 0.29) is 5.60 Å². The summed E-state index contributed by atoms with van der Waals surface area (Å²) >= 11 is 0. The molecule has 3 nitrogen and oxygen atoms in total. The van der Waals surface area contributed by atoms with E-state index in [4.69, 9.17) is 14.2 Å². The van der Waals surface area contributed by atoms with Gasteiger partial charge in [0.25, 0.3) is 0 Å². The number of ether oxygens (including phenoxy) is 3. The van der Waals surface area contributed by atoms with Gasteiger partial charge < -0.3 is 14.2 Å². The van der Waals surface area contributed by atoms with E-state index in [2.05, 4.69) is 20.8 Å². The van der Waals surface area contributed by atoms with E-state index in [1.807, 2.05) is 0 Å². The number of hydrogen-bond donors (Lipinski definition) is 0. The van der Waals surface area contributed by atoms with Crippen LogP contribution in [0, 0.1) is 0 Å². The lowest BCUT2D eigenvalue weighted by Crippen LogP contribution is -2.25. The lowest BCUT2D eigenvalue weighted by molar-refractivity contribution is -0.0518. The van der Waals surface area contributed by atoms with Gasteiger partial charge in [0.05, 0.1) is 32.0 Å². The van der Waals surface area contributed by atoms with Crippen molar-refractivity contribution in [1.29, 1.82) is 0 Å². The minimum absolute atomic E-state index is 0.0232. The molecule has 0 atom stereocenters. The predicted molar refractivity (Wildman–Crippen MR) is 53.0 cm³/mol. The fourth-order valence-electron chi connectivity index (χ4n) is 0.723. The zero-order valence-electron chi connectivity index (χ0n) is 9.26. The van der Waals surface area contributed by atoms with Crippen molar-refractivity contribution in [2.24, 2.45) is 0 Å². The van der Waals surface area contributed by atoms with Gasteiger partial charge in [-0.25, -0.2) is 0 Å². The third-order valence-electron chi connectivity index (χ3n) is 2.00. The Bertz CT molecular complexity index is 113. The fourth-order valence-corrected chi connectivity index (χ4v) is 0.723. The zero-order valence-corrected chi connectivity index (χ0v) is 9.26. The molecule has 0 amide bonds. The first-order valence-electron chi connectivity index (χ1n) is 4.83. The van der Waals surface area contributed by atoms with Crippen LogP contribution in [0.2, 0.25) is 0 Å². The molecule has 0 heterocycles. The molecule has 0 aliphatic rings. The van der Waals surface area contributed by atoms with Gasteiger partial charge in [0.2, 0.25) is 0 Å². The first-order chi connectivity index (χ1) is 6.12. The number of methoxy groups -OCH3 is 1. The molecule has 0 saturated heterocycles. The average molecular weight is 190 g/mol. The Labute approximate surface area is 81.4 Å². The Hall–Kier alpha value is -0.120. The van der Waals surface area contributed by atoms with E-state index in [9.17, 15) is 0 Å². The maximum absolute atomic E-state index is 5.59. The topological polar surface area (TPSA) is 27.7 Å². The molecule has 0 aliphatic carbocycles. The maximum Gasteiger partial charge on any atom is 0.0707 e. The van der Waals surface area contributed by atoms with Crippen LogP contribution in [0.1, 0.15) is 27.2 Å². The highest BCUT2D eigenvalue weighted by Crippen LogP contribution is 2.12. The van der Waals surface area contributed by atoms with Crippen molar-refractivity contribution in [2.45, 2.75) is 32.8 Å². The Kier molecular flexibility index (Phi) is 7.23. The van der Waals surface area contributed by atoms with Crippen LogP contribution < -0.4 is 0 Å². The van der Waals surface area contributed by atoms with Gasteiger partial charge in [0.1, 0.15) is 0 Å². The lowest BCUT2D eigenvalue weighted by atomic mass is 10.1. The molecule has 3 heteroatoms. The normalized spacial score (nSPS) is 12.0. The van der Waals surface area contributed by atoms with Crippen LogP contribution in [-0.2, 0) is 14.2 Å². The largest absolute Gasteiger partial charge is 0.382 e. The predicted octanol–water partition coefficient (Wildman–Crippen LogP) is 1.85. The summed E-state index contributed by atoms with van der Waals surface area (Å²) in [5, 5.41) is 0. The highest BCUT2D eigenvalue weighted by Gasteiger charge is 2.14. The highest BCUT2D eigenvalue weighted by molar-refractivity contribution is 4.64. The van der Waals surface area contributed by atoms with Crippen molar-refractivity contribution in [2.75, 3.05) is 33.5 Å². The number of rotatable bonds is 8. The molecule has 0 aromatic carbocycles. The summed E-state index contributed by atoms with van der Waals surface area (Å²) in [5.74, 6) is 0. The molecule has 0 aromatic heterocycles. The van der Waals surface area contributed by atoms with Gasteiger partial charge in [-0.05, 0) is 20.3 Å². The molecular formula is C10H22O3. The van der Waals surface area contributed by atoms with Gasteiger partial charge in [-0.2, -0.15) is 0 Å². The summed E-state index contributed by atoms with van der Waals surface area (Å²) in [6, 6.07) is 0. The molecule has 0 spiro atoms. The van der Waals surface area contributed by atoms with E-state index < -0.39 is 0 Å². The summed E-state index contributed by atoms with van der Waals surface area (Å²) in [4.78, 5) is 0. The first-order valence-corrected chi connectivity index (χ1v) is 4.83. The van der Waals surface area contributed by atoms with Gasteiger partial charge >= 0.3 is 0 Å². The van der Waals surface area contributed by atoms with Crippen molar-refractivity contribution in [3.63, 3.8) is 0 Å². The van der Waals surface area contributed by atoms with Crippen molar-refractivity contribution in [3.05, 3.63) is 0 Å². The van der Waals surface area contributed by atoms with Crippen LogP contribution >= 0.6 is 0 Å². The molecule has 0 aliphatic heterocycles. The molecule has 0 unspecified atom stereocenters. The molecule has 13 heavy (non-hydrogen) atoms. The quantitative estimate of drug-likeness (QED) is 0.547. The maximum atomic E-state index is 5.59. The van der Waals surface area contributed by atoms with E-state index in [1.165, 1.54) is 0 Å². The molecule has 0 radical (unpaired) electrons. The smallest absolute Gasteiger partial charge is 0.0707 e. The van der Waals surface area contributed by atoms with Crippen molar-refractivity contribution < 1.29 is 14.2 Å². The number of hydrogen-bond acceptors (Lipinski definition) is 3. The van der Waals surface area contributed by atoms with Gasteiger partial charge in [-0.1, -0.05) is 6.92 Å². The standard InChI is InChI=1S/C10H22O3/c1-5-10(2,3)13-9-8-12-7-6-11-4/h5-9H2,1-4H3. The third-order valence-corrected chi connectivity index (χ3v) is 2.00. The second-order valence-electron chi connectivity index (χ2n) is 3.57. The summed E-state index contributed by atoms with van der Waals surface area (Å²) in [5.41, 5.74) is -0.0232. The molecule has 0 bridgehead atoms. The monoisotopic (exact) mass is 190 g/mol. The van der Waals surface area contributed by atoms with Crippen LogP contribution in [0.15, 0.2) is 0 Å². The minimum Gasteiger partial charge on any atom is -0.382 e. The first kappa shape index (κ1) is 12.9. The second-order valence-corrected chi connectivity index (χ2v) is 3.57. The van der Waals surface area contributed by atoms with Crippen molar-refractivity contribution in [3.8, 4) is 0 Å². The Balaban J connectivity index is 3.16. The molecular weight excluding hydrogens is 168 g/mol. The second kappa shape index (κ2) is 7.30. The minimum atomic E-state index is -0.0232. The van der Waals surface area contributed by atoms with E-state index in [1.54, 1.807) is 7.11 Å². The zero-order chi connectivity index (χ0) is 10.2. The molecule has 0 fully saturated rings.